The molecule has 1 fully saturated rings. The van der Waals surface area contributed by atoms with Crippen molar-refractivity contribution in [2.24, 2.45) is 5.92 Å². The number of aliphatic hydroxyl groups excluding tert-OH is 2. The average molecular weight is 239 g/mol. The molecule has 1 heterocycles. The molecule has 1 saturated heterocycles. The summed E-state index contributed by atoms with van der Waals surface area (Å²) in [6, 6.07) is 4.85. The predicted molar refractivity (Wildman–Crippen MR) is 64.4 cm³/mol. The van der Waals surface area contributed by atoms with Crippen molar-refractivity contribution in [3.05, 3.63) is 29.6 Å². The number of benzene rings is 1. The lowest BCUT2D eigenvalue weighted by molar-refractivity contribution is 0.194. The van der Waals surface area contributed by atoms with Crippen LogP contribution in [0.4, 0.5) is 10.1 Å². The molecule has 1 aliphatic heterocycles. The molecule has 1 aromatic carbocycles. The fourth-order valence-electron chi connectivity index (χ4n) is 2.42. The van der Waals surface area contributed by atoms with Crippen LogP contribution in [0.5, 0.6) is 0 Å². The van der Waals surface area contributed by atoms with Crippen molar-refractivity contribution in [3.63, 3.8) is 0 Å². The van der Waals surface area contributed by atoms with E-state index in [1.165, 1.54) is 6.07 Å². The highest BCUT2D eigenvalue weighted by molar-refractivity contribution is 5.55. The Hall–Kier alpha value is -1.13. The van der Waals surface area contributed by atoms with E-state index in [-0.39, 0.29) is 18.3 Å². The van der Waals surface area contributed by atoms with Gasteiger partial charge in [-0.15, -0.1) is 0 Å². The normalized spacial score (nSPS) is 21.9. The predicted octanol–water partition coefficient (Wildman–Crippen LogP) is 1.70. The van der Waals surface area contributed by atoms with E-state index in [1.54, 1.807) is 13.0 Å². The summed E-state index contributed by atoms with van der Waals surface area (Å²) in [6.45, 7) is 3.26. The van der Waals surface area contributed by atoms with Gasteiger partial charge in [0.05, 0.1) is 6.10 Å². The zero-order valence-electron chi connectivity index (χ0n) is 9.93. The van der Waals surface area contributed by atoms with Crippen molar-refractivity contribution in [1.82, 2.24) is 0 Å². The van der Waals surface area contributed by atoms with Gasteiger partial charge in [0, 0.05) is 36.9 Å². The van der Waals surface area contributed by atoms with Crippen LogP contribution in [0.15, 0.2) is 18.2 Å². The van der Waals surface area contributed by atoms with E-state index in [2.05, 4.69) is 0 Å². The molecule has 17 heavy (non-hydrogen) atoms. The highest BCUT2D eigenvalue weighted by Crippen LogP contribution is 2.32. The van der Waals surface area contributed by atoms with Crippen LogP contribution in [0.1, 0.15) is 25.0 Å². The molecule has 0 saturated carbocycles. The van der Waals surface area contributed by atoms with Gasteiger partial charge in [-0.3, -0.25) is 0 Å². The molecule has 1 unspecified atom stereocenters. The Balaban J connectivity index is 2.29. The number of anilines is 1. The van der Waals surface area contributed by atoms with Crippen LogP contribution < -0.4 is 4.90 Å². The van der Waals surface area contributed by atoms with Gasteiger partial charge in [-0.25, -0.2) is 4.39 Å². The molecule has 1 aromatic rings. The monoisotopic (exact) mass is 239 g/mol. The Morgan fingerprint density at radius 2 is 2.29 bits per heavy atom. The number of halogens is 1. The van der Waals surface area contributed by atoms with Crippen molar-refractivity contribution in [2.45, 2.75) is 19.4 Å². The van der Waals surface area contributed by atoms with Gasteiger partial charge in [-0.1, -0.05) is 6.07 Å². The number of hydrogen-bond donors (Lipinski definition) is 2. The van der Waals surface area contributed by atoms with E-state index in [4.69, 9.17) is 5.11 Å². The standard InChI is InChI=1S/C13H18FNO2/c1-9(17)13-11(14)3-2-4-12(13)15-6-5-10(7-15)8-16/h2-4,9-10,16-17H,5-8H2,1H3/t9-,10?/m0/s1. The van der Waals surface area contributed by atoms with E-state index in [1.807, 2.05) is 11.0 Å². The largest absolute Gasteiger partial charge is 0.396 e. The fraction of sp³-hybridized carbons (Fsp3) is 0.538. The van der Waals surface area contributed by atoms with Gasteiger partial charge >= 0.3 is 0 Å². The first-order valence-corrected chi connectivity index (χ1v) is 5.95. The van der Waals surface area contributed by atoms with Crippen molar-refractivity contribution >= 4 is 5.69 Å². The highest BCUT2D eigenvalue weighted by atomic mass is 19.1. The van der Waals surface area contributed by atoms with Crippen molar-refractivity contribution < 1.29 is 14.6 Å². The molecule has 2 rings (SSSR count). The molecule has 3 nitrogen and oxygen atoms in total. The topological polar surface area (TPSA) is 43.7 Å². The molecule has 0 bridgehead atoms. The summed E-state index contributed by atoms with van der Waals surface area (Å²) in [5, 5.41) is 18.8. The van der Waals surface area contributed by atoms with Crippen LogP contribution in [0.25, 0.3) is 0 Å². The second-order valence-corrected chi connectivity index (χ2v) is 4.63. The van der Waals surface area contributed by atoms with Crippen LogP contribution in [0, 0.1) is 11.7 Å². The second kappa shape index (κ2) is 5.02. The van der Waals surface area contributed by atoms with E-state index < -0.39 is 6.10 Å². The van der Waals surface area contributed by atoms with Crippen LogP contribution in [0.3, 0.4) is 0 Å². The number of hydrogen-bond acceptors (Lipinski definition) is 3. The summed E-state index contributed by atoms with van der Waals surface area (Å²) in [4.78, 5) is 2.03. The van der Waals surface area contributed by atoms with Gasteiger partial charge in [-0.2, -0.15) is 0 Å². The highest BCUT2D eigenvalue weighted by Gasteiger charge is 2.25. The summed E-state index contributed by atoms with van der Waals surface area (Å²) in [5.74, 6) is -0.120. The van der Waals surface area contributed by atoms with Crippen LogP contribution in [0.2, 0.25) is 0 Å². The Kier molecular flexibility index (Phi) is 3.64. The van der Waals surface area contributed by atoms with Crippen molar-refractivity contribution in [3.8, 4) is 0 Å². The van der Waals surface area contributed by atoms with Crippen LogP contribution in [-0.4, -0.2) is 29.9 Å². The summed E-state index contributed by atoms with van der Waals surface area (Å²) < 4.78 is 13.7. The Labute approximate surface area is 100 Å². The first-order chi connectivity index (χ1) is 8.13. The molecule has 1 aliphatic rings. The molecule has 0 spiro atoms. The molecule has 94 valence electrons. The minimum absolute atomic E-state index is 0.163. The van der Waals surface area contributed by atoms with Gasteiger partial charge in [0.25, 0.3) is 0 Å². The molecule has 0 aromatic heterocycles. The Bertz CT molecular complexity index is 395. The third-order valence-corrected chi connectivity index (χ3v) is 3.33. The van der Waals surface area contributed by atoms with Gasteiger partial charge < -0.3 is 15.1 Å². The SMILES string of the molecule is C[C@H](O)c1c(F)cccc1N1CCC(CO)C1. The summed E-state index contributed by atoms with van der Waals surface area (Å²) in [6.07, 6.45) is 0.0890. The van der Waals surface area contributed by atoms with Gasteiger partial charge in [-0.05, 0) is 25.5 Å². The Morgan fingerprint density at radius 3 is 2.88 bits per heavy atom. The number of rotatable bonds is 3. The maximum atomic E-state index is 13.7. The molecule has 2 atom stereocenters. The molecule has 4 heteroatoms. The zero-order chi connectivity index (χ0) is 12.4. The fourth-order valence-corrected chi connectivity index (χ4v) is 2.42. The minimum atomic E-state index is -0.820. The molecule has 0 aliphatic carbocycles. The lowest BCUT2D eigenvalue weighted by atomic mass is 10.1. The van der Waals surface area contributed by atoms with E-state index in [0.29, 0.717) is 5.56 Å². The first-order valence-electron chi connectivity index (χ1n) is 5.95. The average Bonchev–Trinajstić information content (AvgIpc) is 2.76. The van der Waals surface area contributed by atoms with Gasteiger partial charge in [0.1, 0.15) is 5.82 Å². The summed E-state index contributed by atoms with van der Waals surface area (Å²) in [5.41, 5.74) is 1.10. The lowest BCUT2D eigenvalue weighted by Crippen LogP contribution is -2.22. The summed E-state index contributed by atoms with van der Waals surface area (Å²) in [7, 11) is 0. The number of nitrogens with zero attached hydrogens (tertiary/aromatic N) is 1. The molecular weight excluding hydrogens is 221 g/mol. The van der Waals surface area contributed by atoms with Crippen LogP contribution in [-0.2, 0) is 0 Å². The minimum Gasteiger partial charge on any atom is -0.396 e. The second-order valence-electron chi connectivity index (χ2n) is 4.63. The Morgan fingerprint density at radius 1 is 1.53 bits per heavy atom. The molecule has 0 amide bonds. The number of aliphatic hydroxyl groups is 2. The van der Waals surface area contributed by atoms with Gasteiger partial charge in [0.15, 0.2) is 0 Å². The zero-order valence-corrected chi connectivity index (χ0v) is 9.93. The summed E-state index contributed by atoms with van der Waals surface area (Å²) >= 11 is 0. The van der Waals surface area contributed by atoms with Gasteiger partial charge in [0.2, 0.25) is 0 Å². The van der Waals surface area contributed by atoms with E-state index in [9.17, 15) is 9.50 Å². The third kappa shape index (κ3) is 2.42. The maximum Gasteiger partial charge on any atom is 0.131 e. The first kappa shape index (κ1) is 12.3. The molecule has 2 N–H and O–H groups in total. The van der Waals surface area contributed by atoms with Crippen molar-refractivity contribution in [1.29, 1.82) is 0 Å². The molecule has 0 radical (unpaired) electrons. The van der Waals surface area contributed by atoms with Crippen molar-refractivity contribution in [2.75, 3.05) is 24.6 Å². The smallest absolute Gasteiger partial charge is 0.131 e. The lowest BCUT2D eigenvalue weighted by Gasteiger charge is -2.23. The quantitative estimate of drug-likeness (QED) is 0.843. The van der Waals surface area contributed by atoms with E-state index >= 15 is 0 Å². The van der Waals surface area contributed by atoms with Crippen LogP contribution >= 0.6 is 0 Å². The molecular formula is C13H18FNO2. The third-order valence-electron chi connectivity index (χ3n) is 3.33. The van der Waals surface area contributed by atoms with E-state index in [0.717, 1.165) is 25.2 Å². The maximum absolute atomic E-state index is 13.7.